The minimum Gasteiger partial charge on any atom is -0.380 e. The molecule has 2 nitrogen and oxygen atoms in total. The fourth-order valence-electron chi connectivity index (χ4n) is 2.25. The van der Waals surface area contributed by atoms with Gasteiger partial charge in [-0.25, -0.2) is 0 Å². The fourth-order valence-corrected chi connectivity index (χ4v) is 3.64. The van der Waals surface area contributed by atoms with Gasteiger partial charge in [0.25, 0.3) is 0 Å². The summed E-state index contributed by atoms with van der Waals surface area (Å²) in [5.41, 5.74) is 3.76. The molecule has 0 aliphatic rings. The van der Waals surface area contributed by atoms with Crippen LogP contribution in [0.2, 0.25) is 0 Å². The zero-order valence-corrected chi connectivity index (χ0v) is 15.4. The number of nitrogens with one attached hydrogen (secondary N) is 1. The number of ether oxygens (including phenoxy) is 1. The second-order valence-corrected chi connectivity index (χ2v) is 6.74. The van der Waals surface area contributed by atoms with Gasteiger partial charge in [0, 0.05) is 28.6 Å². The van der Waals surface area contributed by atoms with Crippen LogP contribution in [0.3, 0.4) is 0 Å². The van der Waals surface area contributed by atoms with Crippen LogP contribution >= 0.6 is 31.9 Å². The lowest BCUT2D eigenvalue weighted by molar-refractivity contribution is 0.184. The molecule has 0 saturated heterocycles. The highest BCUT2D eigenvalue weighted by molar-refractivity contribution is 9.11. The van der Waals surface area contributed by atoms with Gasteiger partial charge in [0.2, 0.25) is 0 Å². The van der Waals surface area contributed by atoms with Crippen LogP contribution in [0.25, 0.3) is 0 Å². The first-order valence-electron chi connectivity index (χ1n) is 6.86. The third-order valence-electron chi connectivity index (χ3n) is 3.45. The molecule has 2 aromatic carbocycles. The number of rotatable bonds is 6. The summed E-state index contributed by atoms with van der Waals surface area (Å²) >= 11 is 7.11. The van der Waals surface area contributed by atoms with Gasteiger partial charge in [0.05, 0.1) is 6.61 Å². The summed E-state index contributed by atoms with van der Waals surface area (Å²) in [4.78, 5) is 0. The maximum absolute atomic E-state index is 5.25. The summed E-state index contributed by atoms with van der Waals surface area (Å²) in [7, 11) is 1.73. The average molecular weight is 413 g/mol. The summed E-state index contributed by atoms with van der Waals surface area (Å²) in [5, 5.41) is 3.57. The van der Waals surface area contributed by atoms with Crippen LogP contribution in [-0.4, -0.2) is 7.11 Å². The van der Waals surface area contributed by atoms with Crippen LogP contribution in [0.1, 0.15) is 29.7 Å². The van der Waals surface area contributed by atoms with Gasteiger partial charge in [-0.2, -0.15) is 0 Å². The molecule has 0 aromatic heterocycles. The van der Waals surface area contributed by atoms with Crippen molar-refractivity contribution < 1.29 is 4.74 Å². The minimum atomic E-state index is 0.267. The van der Waals surface area contributed by atoms with Crippen LogP contribution < -0.4 is 5.32 Å². The molecule has 0 bridgehead atoms. The van der Waals surface area contributed by atoms with E-state index in [2.05, 4.69) is 80.5 Å². The van der Waals surface area contributed by atoms with Crippen molar-refractivity contribution in [3.63, 3.8) is 0 Å². The summed E-state index contributed by atoms with van der Waals surface area (Å²) in [6, 6.07) is 14.9. The lowest BCUT2D eigenvalue weighted by Gasteiger charge is -2.17. The van der Waals surface area contributed by atoms with Crippen molar-refractivity contribution in [2.45, 2.75) is 26.1 Å². The van der Waals surface area contributed by atoms with Crippen molar-refractivity contribution >= 4 is 31.9 Å². The Bertz CT molecular complexity index is 601. The number of halogens is 2. The van der Waals surface area contributed by atoms with E-state index in [1.165, 1.54) is 16.7 Å². The summed E-state index contributed by atoms with van der Waals surface area (Å²) in [5.74, 6) is 0. The van der Waals surface area contributed by atoms with E-state index in [-0.39, 0.29) is 6.04 Å². The molecule has 0 amide bonds. The van der Waals surface area contributed by atoms with Gasteiger partial charge in [-0.05, 0) is 35.7 Å². The highest BCUT2D eigenvalue weighted by Crippen LogP contribution is 2.27. The quantitative estimate of drug-likeness (QED) is 0.703. The Kier molecular flexibility index (Phi) is 6.42. The van der Waals surface area contributed by atoms with Crippen LogP contribution in [0.4, 0.5) is 0 Å². The normalized spacial score (nSPS) is 12.4. The van der Waals surface area contributed by atoms with E-state index in [9.17, 15) is 0 Å². The molecular formula is C17H19Br2NO. The molecule has 2 rings (SSSR count). The first-order valence-corrected chi connectivity index (χ1v) is 8.44. The van der Waals surface area contributed by atoms with E-state index in [0.717, 1.165) is 15.5 Å². The number of hydrogen-bond acceptors (Lipinski definition) is 2. The molecule has 2 aromatic rings. The third kappa shape index (κ3) is 4.65. The van der Waals surface area contributed by atoms with Gasteiger partial charge >= 0.3 is 0 Å². The molecule has 0 radical (unpaired) electrons. The SMILES string of the molecule is COCc1ccccc1CNC(C)c1ccc(Br)cc1Br. The van der Waals surface area contributed by atoms with Crippen molar-refractivity contribution in [1.82, 2.24) is 5.32 Å². The molecule has 4 heteroatoms. The Hall–Kier alpha value is -0.680. The Balaban J connectivity index is 2.05. The van der Waals surface area contributed by atoms with E-state index in [1.807, 2.05) is 6.07 Å². The van der Waals surface area contributed by atoms with Gasteiger partial charge in [0.15, 0.2) is 0 Å². The minimum absolute atomic E-state index is 0.267. The molecular weight excluding hydrogens is 394 g/mol. The molecule has 0 saturated carbocycles. The lowest BCUT2D eigenvalue weighted by atomic mass is 10.1. The predicted molar refractivity (Wildman–Crippen MR) is 94.3 cm³/mol. The summed E-state index contributed by atoms with van der Waals surface area (Å²) < 4.78 is 7.44. The second kappa shape index (κ2) is 8.08. The highest BCUT2D eigenvalue weighted by Gasteiger charge is 2.10. The fraction of sp³-hybridized carbons (Fsp3) is 0.294. The molecule has 0 aliphatic carbocycles. The van der Waals surface area contributed by atoms with Crippen molar-refractivity contribution in [3.05, 3.63) is 68.1 Å². The third-order valence-corrected chi connectivity index (χ3v) is 4.63. The zero-order valence-electron chi connectivity index (χ0n) is 12.2. The molecule has 0 heterocycles. The molecule has 0 aliphatic heterocycles. The van der Waals surface area contributed by atoms with E-state index >= 15 is 0 Å². The van der Waals surface area contributed by atoms with Crippen LogP contribution in [0, 0.1) is 0 Å². The summed E-state index contributed by atoms with van der Waals surface area (Å²) in [6.07, 6.45) is 0. The Morgan fingerprint density at radius 3 is 2.48 bits per heavy atom. The molecule has 21 heavy (non-hydrogen) atoms. The molecule has 1 unspecified atom stereocenters. The van der Waals surface area contributed by atoms with Gasteiger partial charge in [-0.1, -0.05) is 62.2 Å². The van der Waals surface area contributed by atoms with Crippen LogP contribution in [0.15, 0.2) is 51.4 Å². The highest BCUT2D eigenvalue weighted by atomic mass is 79.9. The molecule has 1 atom stereocenters. The average Bonchev–Trinajstić information content (AvgIpc) is 2.46. The Morgan fingerprint density at radius 2 is 1.81 bits per heavy atom. The number of benzene rings is 2. The number of hydrogen-bond donors (Lipinski definition) is 1. The van der Waals surface area contributed by atoms with Crippen molar-refractivity contribution in [3.8, 4) is 0 Å². The topological polar surface area (TPSA) is 21.3 Å². The molecule has 0 fully saturated rings. The second-order valence-electron chi connectivity index (χ2n) is 4.97. The predicted octanol–water partition coefficient (Wildman–Crippen LogP) is 5.21. The van der Waals surface area contributed by atoms with Gasteiger partial charge in [0.1, 0.15) is 0 Å². The molecule has 1 N–H and O–H groups in total. The van der Waals surface area contributed by atoms with Crippen molar-refractivity contribution in [2.75, 3.05) is 7.11 Å². The van der Waals surface area contributed by atoms with Crippen LogP contribution in [-0.2, 0) is 17.9 Å². The van der Waals surface area contributed by atoms with E-state index in [4.69, 9.17) is 4.74 Å². The zero-order chi connectivity index (χ0) is 15.2. The smallest absolute Gasteiger partial charge is 0.0716 e. The Morgan fingerprint density at radius 1 is 1.10 bits per heavy atom. The van der Waals surface area contributed by atoms with Gasteiger partial charge in [-0.15, -0.1) is 0 Å². The monoisotopic (exact) mass is 411 g/mol. The Labute approximate surface area is 143 Å². The molecule has 0 spiro atoms. The molecule has 112 valence electrons. The first kappa shape index (κ1) is 16.7. The lowest BCUT2D eigenvalue weighted by Crippen LogP contribution is -2.19. The van der Waals surface area contributed by atoms with Gasteiger partial charge in [-0.3, -0.25) is 0 Å². The largest absolute Gasteiger partial charge is 0.380 e. The standard InChI is InChI=1S/C17H19Br2NO/c1-12(16-8-7-15(18)9-17(16)19)20-10-13-5-3-4-6-14(13)11-21-2/h3-9,12,20H,10-11H2,1-2H3. The summed E-state index contributed by atoms with van der Waals surface area (Å²) in [6.45, 7) is 3.64. The van der Waals surface area contributed by atoms with E-state index in [0.29, 0.717) is 6.61 Å². The van der Waals surface area contributed by atoms with Crippen LogP contribution in [0.5, 0.6) is 0 Å². The number of methoxy groups -OCH3 is 1. The maximum Gasteiger partial charge on any atom is 0.0716 e. The first-order chi connectivity index (χ1) is 10.1. The van der Waals surface area contributed by atoms with Crippen molar-refractivity contribution in [1.29, 1.82) is 0 Å². The van der Waals surface area contributed by atoms with Crippen molar-refractivity contribution in [2.24, 2.45) is 0 Å². The maximum atomic E-state index is 5.25. The van der Waals surface area contributed by atoms with E-state index in [1.54, 1.807) is 7.11 Å². The van der Waals surface area contributed by atoms with Gasteiger partial charge < -0.3 is 10.1 Å². The van der Waals surface area contributed by atoms with E-state index < -0.39 is 0 Å².